The Morgan fingerprint density at radius 2 is 1.34 bits per heavy atom. The fraction of sp³-hybridized carbons (Fsp3) is 0.615. The number of rotatable bonds is 18. The molecule has 0 spiro atoms. The molecule has 1 heterocycles. The van der Waals surface area contributed by atoms with E-state index in [1.807, 2.05) is 24.3 Å². The van der Waals surface area contributed by atoms with Crippen LogP contribution in [0.4, 0.5) is 23.0 Å². The van der Waals surface area contributed by atoms with Gasteiger partial charge in [-0.1, -0.05) is 112 Å². The highest BCUT2D eigenvalue weighted by Crippen LogP contribution is 2.27. The van der Waals surface area contributed by atoms with E-state index >= 15 is 0 Å². The summed E-state index contributed by atoms with van der Waals surface area (Å²) in [7, 11) is 0. The van der Waals surface area contributed by atoms with E-state index in [0.717, 1.165) is 23.1 Å². The first kappa shape index (κ1) is 26.4. The summed E-state index contributed by atoms with van der Waals surface area (Å²) in [6.07, 6.45) is 20.7. The summed E-state index contributed by atoms with van der Waals surface area (Å²) in [5.74, 6) is 1.33. The first-order valence-corrected chi connectivity index (χ1v) is 13.4. The summed E-state index contributed by atoms with van der Waals surface area (Å²) in [6.45, 7) is 3.17. The van der Waals surface area contributed by atoms with E-state index in [4.69, 9.17) is 5.73 Å². The van der Waals surface area contributed by atoms with Crippen molar-refractivity contribution in [1.82, 2.24) is 9.97 Å². The number of hydrogen-bond donors (Lipinski definition) is 3. The third-order valence-corrected chi connectivity index (χ3v) is 6.29. The molecular formula is C26H42BrN5. The Kier molecular flexibility index (Phi) is 13.8. The maximum Gasteiger partial charge on any atom is 0.159 e. The van der Waals surface area contributed by atoms with Crippen molar-refractivity contribution in [2.45, 2.75) is 96.8 Å². The molecule has 2 aromatic rings. The largest absolute Gasteiger partial charge is 0.393 e. The van der Waals surface area contributed by atoms with Gasteiger partial charge < -0.3 is 16.4 Å². The molecule has 32 heavy (non-hydrogen) atoms. The standard InChI is InChI=1S/C26H42BrN5/c1-2-3-4-5-6-7-8-9-10-11-12-13-14-15-19-29-25-24(28)26(31-21-30-25)32-23-18-16-17-22(27)20-23/h16-18,20-21H,2-15,19,28H2,1H3,(H2,29,30,31,32). The van der Waals surface area contributed by atoms with Crippen molar-refractivity contribution in [3.8, 4) is 0 Å². The van der Waals surface area contributed by atoms with Crippen LogP contribution in [0.15, 0.2) is 35.1 Å². The van der Waals surface area contributed by atoms with Gasteiger partial charge in [0.25, 0.3) is 0 Å². The van der Waals surface area contributed by atoms with Crippen LogP contribution in [0, 0.1) is 0 Å². The number of benzene rings is 1. The molecule has 1 aromatic heterocycles. The van der Waals surface area contributed by atoms with Crippen molar-refractivity contribution in [1.29, 1.82) is 0 Å². The summed E-state index contributed by atoms with van der Waals surface area (Å²) in [6, 6.07) is 7.92. The average molecular weight is 505 g/mol. The number of halogens is 1. The van der Waals surface area contributed by atoms with Crippen molar-refractivity contribution >= 4 is 38.9 Å². The van der Waals surface area contributed by atoms with Crippen LogP contribution < -0.4 is 16.4 Å². The van der Waals surface area contributed by atoms with E-state index in [0.29, 0.717) is 17.3 Å². The molecule has 0 saturated heterocycles. The summed E-state index contributed by atoms with van der Waals surface area (Å²) >= 11 is 3.48. The maximum atomic E-state index is 6.27. The summed E-state index contributed by atoms with van der Waals surface area (Å²) in [4.78, 5) is 8.59. The van der Waals surface area contributed by atoms with E-state index in [1.165, 1.54) is 83.5 Å². The van der Waals surface area contributed by atoms with Crippen LogP contribution in [0.3, 0.4) is 0 Å². The first-order valence-electron chi connectivity index (χ1n) is 12.6. The van der Waals surface area contributed by atoms with Crippen LogP contribution >= 0.6 is 15.9 Å². The maximum absolute atomic E-state index is 6.27. The zero-order valence-electron chi connectivity index (χ0n) is 19.8. The molecule has 0 unspecified atom stereocenters. The number of unbranched alkanes of at least 4 members (excludes halogenated alkanes) is 13. The highest BCUT2D eigenvalue weighted by molar-refractivity contribution is 9.10. The van der Waals surface area contributed by atoms with Gasteiger partial charge in [-0.2, -0.15) is 0 Å². The highest BCUT2D eigenvalue weighted by Gasteiger charge is 2.08. The Bertz CT molecular complexity index is 753. The number of hydrogen-bond acceptors (Lipinski definition) is 5. The number of nitrogens with one attached hydrogen (secondary N) is 2. The number of nitrogens with zero attached hydrogens (tertiary/aromatic N) is 2. The van der Waals surface area contributed by atoms with E-state index in [1.54, 1.807) is 6.33 Å². The van der Waals surface area contributed by atoms with E-state index < -0.39 is 0 Å². The highest BCUT2D eigenvalue weighted by atomic mass is 79.9. The normalized spacial score (nSPS) is 10.9. The predicted octanol–water partition coefficient (Wildman–Crippen LogP) is 8.46. The quantitative estimate of drug-likeness (QED) is 0.178. The summed E-state index contributed by atoms with van der Waals surface area (Å²) in [5, 5.41) is 6.63. The minimum atomic E-state index is 0.554. The number of aromatic nitrogens is 2. The average Bonchev–Trinajstić information content (AvgIpc) is 2.79. The van der Waals surface area contributed by atoms with Gasteiger partial charge in [0.1, 0.15) is 12.0 Å². The van der Waals surface area contributed by atoms with Gasteiger partial charge in [-0.25, -0.2) is 9.97 Å². The van der Waals surface area contributed by atoms with Gasteiger partial charge >= 0.3 is 0 Å². The first-order chi connectivity index (χ1) is 15.7. The second kappa shape index (κ2) is 16.8. The lowest BCUT2D eigenvalue weighted by atomic mass is 10.0. The molecule has 0 fully saturated rings. The SMILES string of the molecule is CCCCCCCCCCCCCCCCNc1ncnc(Nc2cccc(Br)c2)c1N. The van der Waals surface area contributed by atoms with E-state index in [2.05, 4.69) is 43.5 Å². The lowest BCUT2D eigenvalue weighted by Gasteiger charge is -2.12. The molecule has 0 radical (unpaired) electrons. The van der Waals surface area contributed by atoms with Gasteiger partial charge in [-0.3, -0.25) is 0 Å². The molecule has 0 aliphatic heterocycles. The molecule has 5 nitrogen and oxygen atoms in total. The topological polar surface area (TPSA) is 75.9 Å². The van der Waals surface area contributed by atoms with Gasteiger partial charge in [-0.15, -0.1) is 0 Å². The molecule has 178 valence electrons. The molecule has 0 bridgehead atoms. The number of nitrogen functional groups attached to an aromatic ring is 1. The smallest absolute Gasteiger partial charge is 0.159 e. The third kappa shape index (κ3) is 11.2. The third-order valence-electron chi connectivity index (χ3n) is 5.79. The van der Waals surface area contributed by atoms with Crippen molar-refractivity contribution in [2.24, 2.45) is 0 Å². The van der Waals surface area contributed by atoms with E-state index in [9.17, 15) is 0 Å². The van der Waals surface area contributed by atoms with E-state index in [-0.39, 0.29) is 0 Å². The van der Waals surface area contributed by atoms with Crippen molar-refractivity contribution in [3.05, 3.63) is 35.1 Å². The monoisotopic (exact) mass is 503 g/mol. The molecule has 6 heteroatoms. The Morgan fingerprint density at radius 1 is 0.781 bits per heavy atom. The second-order valence-corrected chi connectivity index (χ2v) is 9.56. The van der Waals surface area contributed by atoms with Gasteiger partial charge in [0, 0.05) is 16.7 Å². The Labute approximate surface area is 203 Å². The molecule has 2 rings (SSSR count). The molecule has 0 aliphatic carbocycles. The fourth-order valence-corrected chi connectivity index (χ4v) is 4.26. The molecular weight excluding hydrogens is 462 g/mol. The summed E-state index contributed by atoms with van der Waals surface area (Å²) in [5.41, 5.74) is 7.75. The molecule has 0 saturated carbocycles. The van der Waals surface area contributed by atoms with Crippen LogP contribution in [0.2, 0.25) is 0 Å². The molecule has 4 N–H and O–H groups in total. The Hall–Kier alpha value is -1.82. The van der Waals surface area contributed by atoms with Gasteiger partial charge in [0.05, 0.1) is 0 Å². The zero-order chi connectivity index (χ0) is 22.9. The van der Waals surface area contributed by atoms with Crippen molar-refractivity contribution in [3.63, 3.8) is 0 Å². The Balaban J connectivity index is 1.51. The van der Waals surface area contributed by atoms with Crippen LogP contribution in [-0.2, 0) is 0 Å². The van der Waals surface area contributed by atoms with Gasteiger partial charge in [-0.05, 0) is 24.6 Å². The molecule has 0 amide bonds. The zero-order valence-corrected chi connectivity index (χ0v) is 21.4. The van der Waals surface area contributed by atoms with Gasteiger partial charge in [0.2, 0.25) is 0 Å². The fourth-order valence-electron chi connectivity index (χ4n) is 3.87. The second-order valence-electron chi connectivity index (χ2n) is 8.64. The minimum absolute atomic E-state index is 0.554. The minimum Gasteiger partial charge on any atom is -0.393 e. The number of anilines is 4. The van der Waals surface area contributed by atoms with Crippen LogP contribution in [0.5, 0.6) is 0 Å². The molecule has 0 atom stereocenters. The van der Waals surface area contributed by atoms with Crippen LogP contribution in [0.1, 0.15) is 96.8 Å². The summed E-state index contributed by atoms with van der Waals surface area (Å²) < 4.78 is 1.01. The molecule has 0 aliphatic rings. The number of nitrogens with two attached hydrogens (primary N) is 1. The predicted molar refractivity (Wildman–Crippen MR) is 143 cm³/mol. The van der Waals surface area contributed by atoms with Gasteiger partial charge in [0.15, 0.2) is 11.6 Å². The lowest BCUT2D eigenvalue weighted by Crippen LogP contribution is -2.09. The van der Waals surface area contributed by atoms with Crippen LogP contribution in [0.25, 0.3) is 0 Å². The van der Waals surface area contributed by atoms with Crippen molar-refractivity contribution < 1.29 is 0 Å². The molecule has 1 aromatic carbocycles. The Morgan fingerprint density at radius 3 is 1.94 bits per heavy atom. The lowest BCUT2D eigenvalue weighted by molar-refractivity contribution is 0.537. The van der Waals surface area contributed by atoms with Crippen LogP contribution in [-0.4, -0.2) is 16.5 Å². The van der Waals surface area contributed by atoms with Crippen molar-refractivity contribution in [2.75, 3.05) is 22.9 Å².